The average Bonchev–Trinajstić information content (AvgIpc) is 2.56. The van der Waals surface area contributed by atoms with Gasteiger partial charge in [0.1, 0.15) is 19.8 Å². The second kappa shape index (κ2) is 13.4. The number of hydrogen-bond acceptors (Lipinski definition) is 7. The number of hydrogen-bond donors (Lipinski definition) is 1. The van der Waals surface area contributed by atoms with E-state index in [2.05, 4.69) is 11.9 Å². The van der Waals surface area contributed by atoms with E-state index in [-0.39, 0.29) is 57.4 Å². The number of nitrogens with one attached hydrogen (secondary N) is 1. The summed E-state index contributed by atoms with van der Waals surface area (Å²) in [5, 5.41) is 2.47. The molecule has 0 heterocycles. The Balaban J connectivity index is 3.49. The molecule has 8 nitrogen and oxygen atoms in total. The maximum atomic E-state index is 11.6. The van der Waals surface area contributed by atoms with Gasteiger partial charge in [0.25, 0.3) is 0 Å². The fourth-order valence-corrected chi connectivity index (χ4v) is 1.32. The summed E-state index contributed by atoms with van der Waals surface area (Å²) >= 11 is 0. The molecule has 0 radical (unpaired) electrons. The molecule has 1 unspecified atom stereocenters. The zero-order chi connectivity index (χ0) is 18.4. The van der Waals surface area contributed by atoms with Crippen molar-refractivity contribution >= 4 is 18.0 Å². The first-order valence-electron chi connectivity index (χ1n) is 7.82. The number of carbonyl (C=O) groups excluding carboxylic acids is 3. The Kier molecular flexibility index (Phi) is 12.2. The highest BCUT2D eigenvalue weighted by Crippen LogP contribution is 2.10. The fraction of sp³-hybridized carbons (Fsp3) is 0.688. The Morgan fingerprint density at radius 2 is 1.58 bits per heavy atom. The Bertz CT molecular complexity index is 409. The third-order valence-corrected chi connectivity index (χ3v) is 3.09. The molecule has 0 saturated carbocycles. The molecule has 0 bridgehead atoms. The summed E-state index contributed by atoms with van der Waals surface area (Å²) in [4.78, 5) is 33.6. The van der Waals surface area contributed by atoms with Gasteiger partial charge in [0, 0.05) is 12.6 Å². The molecule has 0 spiro atoms. The van der Waals surface area contributed by atoms with Crippen LogP contribution < -0.4 is 5.32 Å². The summed E-state index contributed by atoms with van der Waals surface area (Å²) in [5.41, 5.74) is 0. The monoisotopic (exact) mass is 345 g/mol. The zero-order valence-electron chi connectivity index (χ0n) is 14.5. The van der Waals surface area contributed by atoms with Gasteiger partial charge in [-0.3, -0.25) is 4.79 Å². The number of amides is 1. The molecule has 0 aromatic rings. The van der Waals surface area contributed by atoms with Crippen molar-refractivity contribution in [1.29, 1.82) is 0 Å². The van der Waals surface area contributed by atoms with Crippen molar-refractivity contribution in [3.63, 3.8) is 0 Å². The van der Waals surface area contributed by atoms with Crippen LogP contribution in [-0.2, 0) is 28.5 Å². The van der Waals surface area contributed by atoms with Gasteiger partial charge in [-0.05, 0) is 5.92 Å². The molecule has 138 valence electrons. The van der Waals surface area contributed by atoms with Crippen LogP contribution in [-0.4, -0.2) is 57.6 Å². The van der Waals surface area contributed by atoms with Gasteiger partial charge in [0.2, 0.25) is 0 Å². The summed E-state index contributed by atoms with van der Waals surface area (Å²) in [6.45, 7) is 9.77. The third kappa shape index (κ3) is 11.5. The molecule has 0 aliphatic heterocycles. The third-order valence-electron chi connectivity index (χ3n) is 3.09. The van der Waals surface area contributed by atoms with E-state index in [1.165, 1.54) is 0 Å². The number of carbonyl (C=O) groups is 3. The molecule has 0 rings (SSSR count). The van der Waals surface area contributed by atoms with Crippen LogP contribution in [0.4, 0.5) is 4.79 Å². The van der Waals surface area contributed by atoms with Crippen LogP contribution in [0.25, 0.3) is 0 Å². The Morgan fingerprint density at radius 3 is 2.21 bits per heavy atom. The van der Waals surface area contributed by atoms with E-state index in [0.29, 0.717) is 0 Å². The van der Waals surface area contributed by atoms with Crippen LogP contribution in [0.2, 0.25) is 0 Å². The summed E-state index contributed by atoms with van der Waals surface area (Å²) < 4.78 is 19.7. The van der Waals surface area contributed by atoms with E-state index in [9.17, 15) is 14.4 Å². The van der Waals surface area contributed by atoms with Crippen LogP contribution in [0, 0.1) is 11.8 Å². The first-order chi connectivity index (χ1) is 11.4. The molecule has 0 aromatic carbocycles. The van der Waals surface area contributed by atoms with Crippen LogP contribution in [0.3, 0.4) is 0 Å². The molecule has 1 amide bonds. The van der Waals surface area contributed by atoms with Crippen LogP contribution in [0.5, 0.6) is 0 Å². The van der Waals surface area contributed by atoms with Gasteiger partial charge >= 0.3 is 18.0 Å². The van der Waals surface area contributed by atoms with E-state index < -0.39 is 12.1 Å². The molecule has 1 N–H and O–H groups in total. The zero-order valence-corrected chi connectivity index (χ0v) is 14.5. The normalized spacial score (nSPS) is 11.5. The molecular weight excluding hydrogens is 318 g/mol. The van der Waals surface area contributed by atoms with E-state index in [1.807, 2.05) is 13.8 Å². The second-order valence-corrected chi connectivity index (χ2v) is 5.25. The van der Waals surface area contributed by atoms with Gasteiger partial charge in [0.15, 0.2) is 0 Å². The van der Waals surface area contributed by atoms with Crippen molar-refractivity contribution in [3.05, 3.63) is 12.7 Å². The molecular formula is C16H27NO7. The molecule has 0 fully saturated rings. The van der Waals surface area contributed by atoms with E-state index in [1.54, 1.807) is 6.92 Å². The van der Waals surface area contributed by atoms with Gasteiger partial charge < -0.3 is 24.3 Å². The number of alkyl carbamates (subject to hydrolysis) is 1. The van der Waals surface area contributed by atoms with Crippen LogP contribution in [0.15, 0.2) is 12.7 Å². The standard InChI is InChI=1S/C16H27NO7/c1-5-14(18)22-9-8-21-7-6-17-16(20)24-11-10-23-15(19)13(4)12(2)3/h5,12-13H,1,6-11H2,2-4H3,(H,17,20). The minimum Gasteiger partial charge on any atom is -0.462 e. The maximum absolute atomic E-state index is 11.6. The van der Waals surface area contributed by atoms with E-state index in [0.717, 1.165) is 6.08 Å². The highest BCUT2D eigenvalue weighted by Gasteiger charge is 2.17. The van der Waals surface area contributed by atoms with Crippen molar-refractivity contribution in [2.45, 2.75) is 20.8 Å². The number of rotatable bonds is 12. The van der Waals surface area contributed by atoms with Gasteiger partial charge in [-0.15, -0.1) is 0 Å². The smallest absolute Gasteiger partial charge is 0.407 e. The molecule has 0 saturated heterocycles. The largest absolute Gasteiger partial charge is 0.462 e. The van der Waals surface area contributed by atoms with Gasteiger partial charge in [-0.1, -0.05) is 27.4 Å². The van der Waals surface area contributed by atoms with Gasteiger partial charge in [-0.2, -0.15) is 0 Å². The maximum Gasteiger partial charge on any atom is 0.407 e. The van der Waals surface area contributed by atoms with Crippen molar-refractivity contribution in [3.8, 4) is 0 Å². The lowest BCUT2D eigenvalue weighted by atomic mass is 9.99. The predicted molar refractivity (Wildman–Crippen MR) is 86.3 cm³/mol. The molecule has 0 aliphatic rings. The van der Waals surface area contributed by atoms with Crippen molar-refractivity contribution < 1.29 is 33.3 Å². The lowest BCUT2D eigenvalue weighted by Crippen LogP contribution is -2.30. The Morgan fingerprint density at radius 1 is 0.958 bits per heavy atom. The molecule has 1 atom stereocenters. The van der Waals surface area contributed by atoms with Gasteiger partial charge in [-0.25, -0.2) is 9.59 Å². The minimum absolute atomic E-state index is 0.0131. The van der Waals surface area contributed by atoms with Crippen molar-refractivity contribution in [1.82, 2.24) is 5.32 Å². The number of ether oxygens (including phenoxy) is 4. The fourth-order valence-electron chi connectivity index (χ4n) is 1.32. The summed E-state index contributed by atoms with van der Waals surface area (Å²) in [6, 6.07) is 0. The van der Waals surface area contributed by atoms with Crippen molar-refractivity contribution in [2.75, 3.05) is 39.6 Å². The lowest BCUT2D eigenvalue weighted by Gasteiger charge is -2.14. The Labute approximate surface area is 142 Å². The predicted octanol–water partition coefficient (Wildman–Crippen LogP) is 1.29. The average molecular weight is 345 g/mol. The summed E-state index contributed by atoms with van der Waals surface area (Å²) in [6.07, 6.45) is 0.447. The van der Waals surface area contributed by atoms with Crippen molar-refractivity contribution in [2.24, 2.45) is 11.8 Å². The summed E-state index contributed by atoms with van der Waals surface area (Å²) in [7, 11) is 0. The minimum atomic E-state index is -0.621. The first kappa shape index (κ1) is 21.9. The quantitative estimate of drug-likeness (QED) is 0.246. The first-order valence-corrected chi connectivity index (χ1v) is 7.82. The van der Waals surface area contributed by atoms with Crippen LogP contribution >= 0.6 is 0 Å². The lowest BCUT2D eigenvalue weighted by molar-refractivity contribution is -0.150. The topological polar surface area (TPSA) is 100 Å². The summed E-state index contributed by atoms with van der Waals surface area (Å²) in [5.74, 6) is -0.813. The highest BCUT2D eigenvalue weighted by atomic mass is 16.6. The highest BCUT2D eigenvalue weighted by molar-refractivity contribution is 5.81. The van der Waals surface area contributed by atoms with E-state index in [4.69, 9.17) is 18.9 Å². The number of esters is 2. The van der Waals surface area contributed by atoms with Crippen LogP contribution in [0.1, 0.15) is 20.8 Å². The second-order valence-electron chi connectivity index (χ2n) is 5.25. The SMILES string of the molecule is C=CC(=O)OCCOCCNC(=O)OCCOC(=O)C(C)C(C)C. The molecule has 0 aliphatic carbocycles. The van der Waals surface area contributed by atoms with Gasteiger partial charge in [0.05, 0.1) is 19.1 Å². The molecule has 8 heteroatoms. The van der Waals surface area contributed by atoms with E-state index >= 15 is 0 Å². The Hall–Kier alpha value is -2.09. The molecule has 0 aromatic heterocycles. The molecule has 24 heavy (non-hydrogen) atoms.